The van der Waals surface area contributed by atoms with Gasteiger partial charge < -0.3 is 9.47 Å². The molecule has 0 aliphatic carbocycles. The highest BCUT2D eigenvalue weighted by molar-refractivity contribution is 7.92. The van der Waals surface area contributed by atoms with Gasteiger partial charge in [-0.3, -0.25) is 4.72 Å². The monoisotopic (exact) mass is 493 g/mol. The van der Waals surface area contributed by atoms with Crippen LogP contribution in [0.4, 0.5) is 19.0 Å². The number of hydrogen-bond donors (Lipinski definition) is 1. The van der Waals surface area contributed by atoms with Crippen LogP contribution in [0.3, 0.4) is 0 Å². The number of anilines is 1. The largest absolute Gasteiger partial charge is 0.493 e. The van der Waals surface area contributed by atoms with Crippen molar-refractivity contribution >= 4 is 15.8 Å². The molecule has 1 N–H and O–H groups in total. The van der Waals surface area contributed by atoms with E-state index in [9.17, 15) is 21.6 Å². The lowest BCUT2D eigenvalue weighted by atomic mass is 9.83. The number of sulfonamides is 1. The lowest BCUT2D eigenvalue weighted by Gasteiger charge is -2.29. The van der Waals surface area contributed by atoms with Gasteiger partial charge in [0, 0.05) is 30.9 Å². The molecule has 0 saturated carbocycles. The molecule has 1 aliphatic rings. The highest BCUT2D eigenvalue weighted by atomic mass is 32.2. The summed E-state index contributed by atoms with van der Waals surface area (Å²) in [6, 6.07) is 11.3. The van der Waals surface area contributed by atoms with Crippen LogP contribution in [0.2, 0.25) is 0 Å². The summed E-state index contributed by atoms with van der Waals surface area (Å²) in [5, 5.41) is 7.37. The first-order valence-corrected chi connectivity index (χ1v) is 11.9. The van der Waals surface area contributed by atoms with Crippen LogP contribution in [0.25, 0.3) is 0 Å². The zero-order valence-corrected chi connectivity index (χ0v) is 19.0. The van der Waals surface area contributed by atoms with Crippen molar-refractivity contribution in [2.75, 3.05) is 25.0 Å². The van der Waals surface area contributed by atoms with Crippen molar-refractivity contribution < 1.29 is 31.1 Å². The van der Waals surface area contributed by atoms with Crippen LogP contribution in [0.1, 0.15) is 34.6 Å². The maximum Gasteiger partial charge on any atom is 0.416 e. The molecule has 180 valence electrons. The fraction of sp³-hybridized carbons (Fsp3) is 0.304. The molecule has 1 unspecified atom stereocenters. The molecule has 1 aromatic heterocycles. The third-order valence-electron chi connectivity index (χ3n) is 5.57. The minimum absolute atomic E-state index is 0.0235. The van der Waals surface area contributed by atoms with Gasteiger partial charge in [-0.15, -0.1) is 5.10 Å². The number of hydrogen-bond acceptors (Lipinski definition) is 6. The number of methoxy groups -OCH3 is 1. The van der Waals surface area contributed by atoms with E-state index >= 15 is 0 Å². The molecule has 7 nitrogen and oxygen atoms in total. The topological polar surface area (TPSA) is 90.4 Å². The lowest BCUT2D eigenvalue weighted by molar-refractivity contribution is -0.137. The molecule has 2 heterocycles. The van der Waals surface area contributed by atoms with Crippen molar-refractivity contribution in [2.45, 2.75) is 29.8 Å². The Hall–Kier alpha value is -3.18. The molecular formula is C23H22F3N3O4S. The molecule has 3 aromatic rings. The number of alkyl halides is 3. The second-order valence-corrected chi connectivity index (χ2v) is 9.44. The molecule has 11 heteroatoms. The fourth-order valence-corrected chi connectivity index (χ4v) is 4.97. The summed E-state index contributed by atoms with van der Waals surface area (Å²) in [5.74, 6) is 0.199. The zero-order valence-electron chi connectivity index (χ0n) is 18.2. The first-order chi connectivity index (χ1) is 16.2. The lowest BCUT2D eigenvalue weighted by Crippen LogP contribution is -2.19. The van der Waals surface area contributed by atoms with Gasteiger partial charge in [-0.05, 0) is 54.3 Å². The predicted octanol–water partition coefficient (Wildman–Crippen LogP) is 4.40. The summed E-state index contributed by atoms with van der Waals surface area (Å²) in [6.45, 7) is 0.569. The molecule has 0 fully saturated rings. The quantitative estimate of drug-likeness (QED) is 0.525. The van der Waals surface area contributed by atoms with E-state index in [-0.39, 0.29) is 23.2 Å². The molecule has 34 heavy (non-hydrogen) atoms. The normalized spacial score (nSPS) is 15.9. The Labute approximate surface area is 195 Å². The molecule has 0 saturated heterocycles. The number of benzene rings is 2. The van der Waals surface area contributed by atoms with Crippen LogP contribution >= 0.6 is 0 Å². The number of nitrogens with zero attached hydrogens (tertiary/aromatic N) is 2. The molecule has 2 aromatic carbocycles. The summed E-state index contributed by atoms with van der Waals surface area (Å²) in [5.41, 5.74) is 1.27. The summed E-state index contributed by atoms with van der Waals surface area (Å²) in [4.78, 5) is -0.0235. The summed E-state index contributed by atoms with van der Waals surface area (Å²) in [6.07, 6.45) is -2.17. The maximum absolute atomic E-state index is 13.3. The minimum Gasteiger partial charge on any atom is -0.493 e. The molecule has 1 aliphatic heterocycles. The summed E-state index contributed by atoms with van der Waals surface area (Å²) < 4.78 is 78.6. The van der Waals surface area contributed by atoms with E-state index in [1.54, 1.807) is 12.1 Å². The summed E-state index contributed by atoms with van der Waals surface area (Å²) in [7, 11) is -2.45. The Bertz CT molecular complexity index is 1270. The first-order valence-electron chi connectivity index (χ1n) is 10.5. The Balaban J connectivity index is 1.69. The van der Waals surface area contributed by atoms with Gasteiger partial charge in [0.25, 0.3) is 10.0 Å². The first kappa shape index (κ1) is 24.0. The van der Waals surface area contributed by atoms with Crippen LogP contribution in [-0.2, 0) is 27.4 Å². The Morgan fingerprint density at radius 2 is 1.94 bits per heavy atom. The highest BCUT2D eigenvalue weighted by Gasteiger charge is 2.33. The van der Waals surface area contributed by atoms with Crippen LogP contribution < -0.4 is 9.46 Å². The highest BCUT2D eigenvalue weighted by Crippen LogP contribution is 2.42. The average molecular weight is 494 g/mol. The van der Waals surface area contributed by atoms with Gasteiger partial charge in [0.1, 0.15) is 5.75 Å². The number of halogens is 3. The van der Waals surface area contributed by atoms with Crippen LogP contribution in [0.15, 0.2) is 59.6 Å². The van der Waals surface area contributed by atoms with Gasteiger partial charge in [0.2, 0.25) is 0 Å². The van der Waals surface area contributed by atoms with Crippen molar-refractivity contribution in [1.29, 1.82) is 0 Å². The van der Waals surface area contributed by atoms with E-state index in [0.29, 0.717) is 36.3 Å². The molecule has 0 amide bonds. The minimum atomic E-state index is -4.45. The van der Waals surface area contributed by atoms with Crippen molar-refractivity contribution in [3.63, 3.8) is 0 Å². The van der Waals surface area contributed by atoms with Crippen molar-refractivity contribution in [3.8, 4) is 5.75 Å². The van der Waals surface area contributed by atoms with Crippen LogP contribution in [0, 0.1) is 0 Å². The SMILES string of the molecule is COCCc1cc(C(F)(F)F)ccc1C1CCOc2cc(S(=O)(=O)Nc3cccnn3)ccc21. The van der Waals surface area contributed by atoms with Crippen molar-refractivity contribution in [3.05, 3.63) is 77.0 Å². The van der Waals surface area contributed by atoms with E-state index in [1.165, 1.54) is 37.6 Å². The second kappa shape index (κ2) is 9.59. The molecule has 0 spiro atoms. The maximum atomic E-state index is 13.3. The van der Waals surface area contributed by atoms with E-state index in [0.717, 1.165) is 17.7 Å². The van der Waals surface area contributed by atoms with Gasteiger partial charge >= 0.3 is 6.18 Å². The second-order valence-electron chi connectivity index (χ2n) is 7.76. The third kappa shape index (κ3) is 5.15. The number of rotatable bonds is 7. The van der Waals surface area contributed by atoms with E-state index in [1.807, 2.05) is 0 Å². The molecular weight excluding hydrogens is 471 g/mol. The molecule has 0 bridgehead atoms. The van der Waals surface area contributed by atoms with E-state index in [2.05, 4.69) is 14.9 Å². The van der Waals surface area contributed by atoms with Gasteiger partial charge in [-0.25, -0.2) is 8.42 Å². The molecule has 0 radical (unpaired) electrons. The van der Waals surface area contributed by atoms with Crippen molar-refractivity contribution in [2.24, 2.45) is 0 Å². The summed E-state index contributed by atoms with van der Waals surface area (Å²) >= 11 is 0. The Morgan fingerprint density at radius 1 is 1.15 bits per heavy atom. The third-order valence-corrected chi connectivity index (χ3v) is 6.92. The molecule has 1 atom stereocenters. The van der Waals surface area contributed by atoms with Gasteiger partial charge in [0.15, 0.2) is 5.82 Å². The van der Waals surface area contributed by atoms with Gasteiger partial charge in [0.05, 0.1) is 23.7 Å². The number of ether oxygens (including phenoxy) is 2. The van der Waals surface area contributed by atoms with Crippen LogP contribution in [0.5, 0.6) is 5.75 Å². The van der Waals surface area contributed by atoms with Crippen molar-refractivity contribution in [1.82, 2.24) is 10.2 Å². The Kier molecular flexibility index (Phi) is 6.76. The van der Waals surface area contributed by atoms with Gasteiger partial charge in [-0.2, -0.15) is 18.3 Å². The fourth-order valence-electron chi connectivity index (χ4n) is 3.96. The van der Waals surface area contributed by atoms with Crippen LogP contribution in [-0.4, -0.2) is 38.9 Å². The van der Waals surface area contributed by atoms with E-state index < -0.39 is 21.8 Å². The van der Waals surface area contributed by atoms with Gasteiger partial charge in [-0.1, -0.05) is 12.1 Å². The standard InChI is InChI=1S/C23H22F3N3O4S/c1-32-11-8-15-13-16(23(24,25)26)4-6-18(15)19-9-12-33-21-14-17(5-7-20(19)21)34(30,31)29-22-3-2-10-27-28-22/h2-7,10,13-14,19H,8-9,11-12H2,1H3,(H,28,29). The predicted molar refractivity (Wildman–Crippen MR) is 118 cm³/mol. The Morgan fingerprint density at radius 3 is 2.65 bits per heavy atom. The molecule has 4 rings (SSSR count). The van der Waals surface area contributed by atoms with E-state index in [4.69, 9.17) is 9.47 Å². The number of aromatic nitrogens is 2. The number of nitrogens with one attached hydrogen (secondary N) is 1. The average Bonchev–Trinajstić information content (AvgIpc) is 2.81. The number of fused-ring (bicyclic) bond motifs is 1. The smallest absolute Gasteiger partial charge is 0.416 e. The zero-order chi connectivity index (χ0) is 24.3.